The van der Waals surface area contributed by atoms with E-state index in [0.29, 0.717) is 5.92 Å². The highest BCUT2D eigenvalue weighted by atomic mass is 16.3. The number of aliphatic hydroxyl groups excluding tert-OH is 1. The third kappa shape index (κ3) is 2.97. The first-order valence-corrected chi connectivity index (χ1v) is 7.95. The number of fused-ring (bicyclic) bond motifs is 1. The van der Waals surface area contributed by atoms with Crippen LogP contribution in [0.2, 0.25) is 0 Å². The molecule has 3 rings (SSSR count). The van der Waals surface area contributed by atoms with Crippen LogP contribution in [0, 0.1) is 5.92 Å². The van der Waals surface area contributed by atoms with Crippen molar-refractivity contribution < 1.29 is 9.90 Å². The maximum absolute atomic E-state index is 12.8. The van der Waals surface area contributed by atoms with Crippen molar-refractivity contribution in [3.8, 4) is 0 Å². The second kappa shape index (κ2) is 6.16. The zero-order chi connectivity index (χ0) is 14.8. The van der Waals surface area contributed by atoms with Gasteiger partial charge in [0.1, 0.15) is 6.04 Å². The van der Waals surface area contributed by atoms with Gasteiger partial charge in [0.05, 0.1) is 6.10 Å². The van der Waals surface area contributed by atoms with E-state index in [0.717, 1.165) is 44.5 Å². The SMILES string of the molecule is C[C@@H](O)C1CCN(C(=O)[C@@H]2NCCc3ccccc32)CC1. The molecule has 0 unspecified atom stereocenters. The third-order valence-electron chi connectivity index (χ3n) is 4.89. The molecule has 1 aromatic carbocycles. The highest BCUT2D eigenvalue weighted by molar-refractivity contribution is 5.84. The molecule has 1 fully saturated rings. The largest absolute Gasteiger partial charge is 0.393 e. The van der Waals surface area contributed by atoms with Crippen LogP contribution in [-0.4, -0.2) is 41.7 Å². The number of nitrogens with one attached hydrogen (secondary N) is 1. The standard InChI is InChI=1S/C17H24N2O2/c1-12(20)13-7-10-19(11-8-13)17(21)16-15-5-3-2-4-14(15)6-9-18-16/h2-5,12-13,16,18,20H,6-11H2,1H3/t12-,16-/m1/s1. The van der Waals surface area contributed by atoms with E-state index in [4.69, 9.17) is 0 Å². The molecule has 0 aliphatic carbocycles. The van der Waals surface area contributed by atoms with Crippen molar-refractivity contribution in [1.29, 1.82) is 0 Å². The van der Waals surface area contributed by atoms with E-state index in [2.05, 4.69) is 17.4 Å². The van der Waals surface area contributed by atoms with Gasteiger partial charge in [-0.25, -0.2) is 0 Å². The molecular formula is C17H24N2O2. The Kier molecular flexibility index (Phi) is 4.27. The van der Waals surface area contributed by atoms with Gasteiger partial charge in [-0.05, 0) is 43.2 Å². The number of rotatable bonds is 2. The smallest absolute Gasteiger partial charge is 0.244 e. The average Bonchev–Trinajstić information content (AvgIpc) is 2.53. The Morgan fingerprint density at radius 1 is 1.33 bits per heavy atom. The van der Waals surface area contributed by atoms with E-state index in [-0.39, 0.29) is 18.1 Å². The number of amides is 1. The lowest BCUT2D eigenvalue weighted by atomic mass is 9.90. The molecule has 21 heavy (non-hydrogen) atoms. The quantitative estimate of drug-likeness (QED) is 0.867. The van der Waals surface area contributed by atoms with Crippen molar-refractivity contribution in [2.75, 3.05) is 19.6 Å². The summed E-state index contributed by atoms with van der Waals surface area (Å²) in [5.74, 6) is 0.520. The van der Waals surface area contributed by atoms with Crippen LogP contribution >= 0.6 is 0 Å². The molecule has 0 aromatic heterocycles. The minimum Gasteiger partial charge on any atom is -0.393 e. The second-order valence-corrected chi connectivity index (χ2v) is 6.24. The van der Waals surface area contributed by atoms with E-state index in [1.54, 1.807) is 0 Å². The zero-order valence-electron chi connectivity index (χ0n) is 12.6. The fourth-order valence-electron chi connectivity index (χ4n) is 3.51. The van der Waals surface area contributed by atoms with E-state index in [1.165, 1.54) is 5.56 Å². The van der Waals surface area contributed by atoms with E-state index < -0.39 is 0 Å². The van der Waals surface area contributed by atoms with Gasteiger partial charge in [-0.15, -0.1) is 0 Å². The van der Waals surface area contributed by atoms with Gasteiger partial charge in [0.15, 0.2) is 0 Å². The lowest BCUT2D eigenvalue weighted by Gasteiger charge is -2.36. The van der Waals surface area contributed by atoms with Crippen LogP contribution in [0.1, 0.15) is 36.9 Å². The normalized spacial score (nSPS) is 24.5. The first kappa shape index (κ1) is 14.5. The van der Waals surface area contributed by atoms with Crippen LogP contribution in [0.3, 0.4) is 0 Å². The molecule has 0 bridgehead atoms. The van der Waals surface area contributed by atoms with Crippen molar-refractivity contribution >= 4 is 5.91 Å². The van der Waals surface area contributed by atoms with Crippen LogP contribution < -0.4 is 5.32 Å². The molecule has 1 aromatic rings. The summed E-state index contributed by atoms with van der Waals surface area (Å²) >= 11 is 0. The maximum Gasteiger partial charge on any atom is 0.244 e. The van der Waals surface area contributed by atoms with Gasteiger partial charge in [-0.1, -0.05) is 24.3 Å². The predicted octanol–water partition coefficient (Wildman–Crippen LogP) is 1.49. The van der Waals surface area contributed by atoms with Gasteiger partial charge in [-0.2, -0.15) is 0 Å². The fourth-order valence-corrected chi connectivity index (χ4v) is 3.51. The van der Waals surface area contributed by atoms with Gasteiger partial charge in [0, 0.05) is 19.6 Å². The van der Waals surface area contributed by atoms with Crippen LogP contribution in [0.15, 0.2) is 24.3 Å². The number of hydrogen-bond acceptors (Lipinski definition) is 3. The number of piperidine rings is 1. The fraction of sp³-hybridized carbons (Fsp3) is 0.588. The highest BCUT2D eigenvalue weighted by Gasteiger charge is 2.32. The first-order chi connectivity index (χ1) is 10.2. The Labute approximate surface area is 126 Å². The molecule has 1 amide bonds. The summed E-state index contributed by atoms with van der Waals surface area (Å²) in [6.45, 7) is 4.22. The Balaban J connectivity index is 1.70. The van der Waals surface area contributed by atoms with E-state index >= 15 is 0 Å². The summed E-state index contributed by atoms with van der Waals surface area (Å²) in [4.78, 5) is 14.8. The predicted molar refractivity (Wildman–Crippen MR) is 81.9 cm³/mol. The van der Waals surface area contributed by atoms with Gasteiger partial charge < -0.3 is 15.3 Å². The summed E-state index contributed by atoms with van der Waals surface area (Å²) < 4.78 is 0. The number of nitrogens with zero attached hydrogens (tertiary/aromatic N) is 1. The van der Waals surface area contributed by atoms with Crippen LogP contribution in [0.25, 0.3) is 0 Å². The molecule has 0 spiro atoms. The number of likely N-dealkylation sites (tertiary alicyclic amines) is 1. The lowest BCUT2D eigenvalue weighted by Crippen LogP contribution is -2.47. The minimum atomic E-state index is -0.268. The van der Waals surface area contributed by atoms with Gasteiger partial charge in [-0.3, -0.25) is 4.79 Å². The van der Waals surface area contributed by atoms with Crippen LogP contribution in [0.5, 0.6) is 0 Å². The Bertz CT molecular complexity index is 507. The number of carbonyl (C=O) groups excluding carboxylic acids is 1. The number of aliphatic hydroxyl groups is 1. The molecular weight excluding hydrogens is 264 g/mol. The summed E-state index contributed by atoms with van der Waals surface area (Å²) in [6.07, 6.45) is 2.52. The summed E-state index contributed by atoms with van der Waals surface area (Å²) in [5, 5.41) is 13.0. The molecule has 2 heterocycles. The van der Waals surface area contributed by atoms with Crippen molar-refractivity contribution in [1.82, 2.24) is 10.2 Å². The van der Waals surface area contributed by atoms with Gasteiger partial charge in [0.25, 0.3) is 0 Å². The molecule has 2 aliphatic rings. The topological polar surface area (TPSA) is 52.6 Å². The maximum atomic E-state index is 12.8. The second-order valence-electron chi connectivity index (χ2n) is 6.24. The number of benzene rings is 1. The zero-order valence-corrected chi connectivity index (χ0v) is 12.6. The minimum absolute atomic E-state index is 0.186. The average molecular weight is 288 g/mol. The lowest BCUT2D eigenvalue weighted by molar-refractivity contribution is -0.135. The molecule has 2 N–H and O–H groups in total. The monoisotopic (exact) mass is 288 g/mol. The van der Waals surface area contributed by atoms with Crippen LogP contribution in [-0.2, 0) is 11.2 Å². The molecule has 114 valence electrons. The summed E-state index contributed by atoms with van der Waals surface area (Å²) in [5.41, 5.74) is 2.42. The highest BCUT2D eigenvalue weighted by Crippen LogP contribution is 2.27. The van der Waals surface area contributed by atoms with Gasteiger partial charge in [0.2, 0.25) is 5.91 Å². The molecule has 2 atom stereocenters. The van der Waals surface area contributed by atoms with Crippen molar-refractivity contribution in [2.24, 2.45) is 5.92 Å². The van der Waals surface area contributed by atoms with Crippen molar-refractivity contribution in [3.63, 3.8) is 0 Å². The van der Waals surface area contributed by atoms with Crippen molar-refractivity contribution in [3.05, 3.63) is 35.4 Å². The summed E-state index contributed by atoms with van der Waals surface area (Å²) in [7, 11) is 0. The Morgan fingerprint density at radius 3 is 2.76 bits per heavy atom. The molecule has 2 aliphatic heterocycles. The summed E-state index contributed by atoms with van der Waals surface area (Å²) in [6, 6.07) is 8.03. The van der Waals surface area contributed by atoms with Gasteiger partial charge >= 0.3 is 0 Å². The molecule has 0 radical (unpaired) electrons. The molecule has 1 saturated heterocycles. The first-order valence-electron chi connectivity index (χ1n) is 7.95. The van der Waals surface area contributed by atoms with E-state index in [1.807, 2.05) is 24.0 Å². The third-order valence-corrected chi connectivity index (χ3v) is 4.89. The van der Waals surface area contributed by atoms with E-state index in [9.17, 15) is 9.90 Å². The Hall–Kier alpha value is -1.39. The van der Waals surface area contributed by atoms with Crippen LogP contribution in [0.4, 0.5) is 0 Å². The number of hydrogen-bond donors (Lipinski definition) is 2. The number of carbonyl (C=O) groups is 1. The van der Waals surface area contributed by atoms with Crippen molar-refractivity contribution in [2.45, 2.75) is 38.3 Å². The molecule has 4 heteroatoms. The molecule has 0 saturated carbocycles. The molecule has 4 nitrogen and oxygen atoms in total. The Morgan fingerprint density at radius 2 is 2.05 bits per heavy atom.